The molecule has 2 aromatic carbocycles. The zero-order valence-electron chi connectivity index (χ0n) is 19.3. The van der Waals surface area contributed by atoms with Gasteiger partial charge in [-0.3, -0.25) is 0 Å². The minimum Gasteiger partial charge on any atom is -0.464 e. The Bertz CT molecular complexity index is 1370. The van der Waals surface area contributed by atoms with Crippen molar-refractivity contribution in [2.45, 2.75) is 30.8 Å². The van der Waals surface area contributed by atoms with Gasteiger partial charge in [-0.25, -0.2) is 22.2 Å². The molecule has 0 atom stereocenters. The van der Waals surface area contributed by atoms with Crippen LogP contribution in [0.25, 0.3) is 16.9 Å². The number of hydrogen-bond acceptors (Lipinski definition) is 7. The fourth-order valence-corrected chi connectivity index (χ4v) is 4.66. The highest BCUT2D eigenvalue weighted by atomic mass is 32.2. The van der Waals surface area contributed by atoms with Crippen molar-refractivity contribution >= 4 is 16.1 Å². The lowest BCUT2D eigenvalue weighted by Gasteiger charge is -2.19. The van der Waals surface area contributed by atoms with Crippen LogP contribution < -0.4 is 0 Å². The van der Waals surface area contributed by atoms with Gasteiger partial charge in [0.15, 0.2) is 5.69 Å². The molecule has 1 heterocycles. The van der Waals surface area contributed by atoms with Crippen LogP contribution in [0.1, 0.15) is 24.1 Å². The normalized spacial score (nSPS) is 11.8. The van der Waals surface area contributed by atoms with Crippen molar-refractivity contribution in [3.63, 3.8) is 0 Å². The lowest BCUT2D eigenvalue weighted by atomic mass is 10.1. The Morgan fingerprint density at radius 1 is 1.14 bits per heavy atom. The number of aromatic nitrogens is 2. The fraction of sp³-hybridized carbons (Fsp3) is 0.273. The van der Waals surface area contributed by atoms with Crippen LogP contribution in [0.5, 0.6) is 0 Å². The van der Waals surface area contributed by atoms with Gasteiger partial charge in [0.25, 0.3) is 15.1 Å². The maximum atomic E-state index is 13.4. The van der Waals surface area contributed by atoms with Crippen LogP contribution >= 0.6 is 0 Å². The highest BCUT2D eigenvalue weighted by molar-refractivity contribution is 7.89. The number of benzene rings is 2. The molecule has 0 saturated heterocycles. The first-order valence-corrected chi connectivity index (χ1v) is 12.1. The van der Waals surface area contributed by atoms with Gasteiger partial charge in [-0.05, 0) is 50.1 Å². The van der Waals surface area contributed by atoms with Gasteiger partial charge in [0.05, 0.1) is 22.9 Å². The number of nitrogens with zero attached hydrogens (tertiary/aromatic N) is 4. The summed E-state index contributed by atoms with van der Waals surface area (Å²) in [6, 6.07) is 12.1. The van der Waals surface area contributed by atoms with Gasteiger partial charge in [-0.1, -0.05) is 29.8 Å². The number of aryl methyl sites for hydroxylation is 1. The molecule has 0 aliphatic heterocycles. The van der Waals surface area contributed by atoms with Gasteiger partial charge in [0.2, 0.25) is 0 Å². The van der Waals surface area contributed by atoms with E-state index >= 15 is 0 Å². The average molecular weight is 542 g/mol. The van der Waals surface area contributed by atoms with E-state index in [4.69, 9.17) is 0 Å². The molecule has 1 amide bonds. The fourth-order valence-electron chi connectivity index (χ4n) is 3.35. The quantitative estimate of drug-likeness (QED) is 0.224. The number of amides is 1. The van der Waals surface area contributed by atoms with E-state index in [1.807, 2.05) is 6.92 Å². The third-order valence-electron chi connectivity index (χ3n) is 5.18. The predicted molar refractivity (Wildman–Crippen MR) is 123 cm³/mol. The first kappa shape index (κ1) is 27.4. The molecule has 3 aromatic rings. The van der Waals surface area contributed by atoms with Crippen LogP contribution in [0.3, 0.4) is 0 Å². The summed E-state index contributed by atoms with van der Waals surface area (Å²) in [5, 5.41) is 22.2. The minimum absolute atomic E-state index is 0.0296. The van der Waals surface area contributed by atoms with Crippen molar-refractivity contribution in [1.29, 1.82) is 0 Å². The van der Waals surface area contributed by atoms with Gasteiger partial charge in [-0.15, -0.1) is 10.1 Å². The predicted octanol–water partition coefficient (Wildman–Crippen LogP) is 4.52. The Kier molecular flexibility index (Phi) is 8.06. The minimum atomic E-state index is -4.72. The molecule has 0 fully saturated rings. The topological polar surface area (TPSA) is 145 Å². The van der Waals surface area contributed by atoms with E-state index in [0.717, 1.165) is 28.4 Å². The smallest absolute Gasteiger partial charge is 0.435 e. The summed E-state index contributed by atoms with van der Waals surface area (Å²) in [7, 11) is -4.54. The Morgan fingerprint density at radius 2 is 1.76 bits per heavy atom. The molecule has 15 heteroatoms. The van der Waals surface area contributed by atoms with Crippen molar-refractivity contribution in [2.75, 3.05) is 13.2 Å². The summed E-state index contributed by atoms with van der Waals surface area (Å²) in [5.74, 6) is 0. The first-order chi connectivity index (χ1) is 17.3. The van der Waals surface area contributed by atoms with Crippen molar-refractivity contribution in [3.05, 3.63) is 76.0 Å². The molecule has 1 aromatic heterocycles. The van der Waals surface area contributed by atoms with Gasteiger partial charge in [-0.2, -0.15) is 18.3 Å². The molecule has 37 heavy (non-hydrogen) atoms. The number of carbonyl (C=O) groups is 1. The number of unbranched alkanes of at least 4 members (excludes halogenated alkanes) is 1. The summed E-state index contributed by atoms with van der Waals surface area (Å²) < 4.78 is 67.2. The lowest BCUT2D eigenvalue weighted by molar-refractivity contribution is -0.757. The molecule has 0 unspecified atom stereocenters. The third kappa shape index (κ3) is 6.55. The highest BCUT2D eigenvalue weighted by Crippen LogP contribution is 2.33. The monoisotopic (exact) mass is 542 g/mol. The molecule has 198 valence electrons. The Balaban J connectivity index is 1.91. The SMILES string of the molecule is Cc1ccc(-c2cc(C(F)(F)F)nn2-c2ccc(S(=O)(=O)N(CCCCO[N+](=O)[O-])C(=O)O)cc2)cc1. The van der Waals surface area contributed by atoms with Crippen LogP contribution in [0.2, 0.25) is 0 Å². The Labute approximate surface area is 208 Å². The third-order valence-corrected chi connectivity index (χ3v) is 6.97. The molecule has 0 saturated carbocycles. The van der Waals surface area contributed by atoms with Crippen LogP contribution in [-0.2, 0) is 21.0 Å². The van der Waals surface area contributed by atoms with Crippen LogP contribution in [0, 0.1) is 17.0 Å². The number of alkyl halides is 3. The summed E-state index contributed by atoms with van der Waals surface area (Å²) in [6.07, 6.45) is -6.49. The van der Waals surface area contributed by atoms with E-state index in [1.165, 1.54) is 12.1 Å². The molecule has 1 N–H and O–H groups in total. The van der Waals surface area contributed by atoms with E-state index in [2.05, 4.69) is 9.94 Å². The number of carboxylic acid groups (broad SMARTS) is 1. The molecular weight excluding hydrogens is 521 g/mol. The van der Waals surface area contributed by atoms with Crippen molar-refractivity contribution in [3.8, 4) is 16.9 Å². The molecule has 0 radical (unpaired) electrons. The van der Waals surface area contributed by atoms with E-state index < -0.39 is 44.5 Å². The number of hydrogen-bond donors (Lipinski definition) is 1. The Hall–Kier alpha value is -4.14. The molecule has 0 aliphatic carbocycles. The van der Waals surface area contributed by atoms with E-state index in [9.17, 15) is 41.6 Å². The second-order valence-electron chi connectivity index (χ2n) is 7.81. The van der Waals surface area contributed by atoms with E-state index in [0.29, 0.717) is 5.56 Å². The maximum absolute atomic E-state index is 13.4. The number of rotatable bonds is 10. The molecule has 0 bridgehead atoms. The van der Waals surface area contributed by atoms with Gasteiger partial charge in [0, 0.05) is 12.1 Å². The van der Waals surface area contributed by atoms with Gasteiger partial charge >= 0.3 is 12.3 Å². The summed E-state index contributed by atoms with van der Waals surface area (Å²) in [5.41, 5.74) is 0.436. The largest absolute Gasteiger partial charge is 0.464 e. The maximum Gasteiger partial charge on any atom is 0.435 e. The zero-order chi connectivity index (χ0) is 27.4. The Morgan fingerprint density at radius 3 is 2.30 bits per heavy atom. The molecule has 0 spiro atoms. The zero-order valence-corrected chi connectivity index (χ0v) is 20.1. The molecule has 3 rings (SSSR count). The van der Waals surface area contributed by atoms with Crippen LogP contribution in [-0.4, -0.2) is 51.9 Å². The lowest BCUT2D eigenvalue weighted by Crippen LogP contribution is -2.36. The summed E-state index contributed by atoms with van der Waals surface area (Å²) >= 11 is 0. The average Bonchev–Trinajstić information content (AvgIpc) is 3.27. The van der Waals surface area contributed by atoms with Gasteiger partial charge < -0.3 is 9.94 Å². The summed E-state index contributed by atoms with van der Waals surface area (Å²) in [4.78, 5) is 25.4. The van der Waals surface area contributed by atoms with Crippen molar-refractivity contribution in [2.24, 2.45) is 0 Å². The standard InChI is InChI=1S/C22H21F3N4O7S/c1-15-4-6-16(7-5-15)19-14-20(22(23,24)25)26-28(19)17-8-10-18(11-9-17)37(34,35)27(21(30)31)12-2-3-13-36-29(32)33/h4-11,14H,2-3,12-13H2,1H3,(H,30,31). The second-order valence-corrected chi connectivity index (χ2v) is 9.67. The van der Waals surface area contributed by atoms with Crippen LogP contribution in [0.4, 0.5) is 18.0 Å². The van der Waals surface area contributed by atoms with E-state index in [-0.39, 0.29) is 35.1 Å². The number of halogens is 3. The summed E-state index contributed by atoms with van der Waals surface area (Å²) in [6.45, 7) is 1.01. The molecule has 11 nitrogen and oxygen atoms in total. The van der Waals surface area contributed by atoms with Gasteiger partial charge in [0.1, 0.15) is 0 Å². The van der Waals surface area contributed by atoms with E-state index in [1.54, 1.807) is 24.3 Å². The first-order valence-electron chi connectivity index (χ1n) is 10.7. The van der Waals surface area contributed by atoms with Crippen molar-refractivity contribution < 1.29 is 41.4 Å². The molecular formula is C22H21F3N4O7S. The number of sulfonamides is 1. The second kappa shape index (κ2) is 10.9. The van der Waals surface area contributed by atoms with Crippen molar-refractivity contribution in [1.82, 2.24) is 14.1 Å². The molecule has 0 aliphatic rings. The highest BCUT2D eigenvalue weighted by Gasteiger charge is 2.35. The van der Waals surface area contributed by atoms with Crippen LogP contribution in [0.15, 0.2) is 59.5 Å².